The van der Waals surface area contributed by atoms with Crippen molar-refractivity contribution >= 4 is 5.97 Å². The van der Waals surface area contributed by atoms with E-state index >= 15 is 0 Å². The Morgan fingerprint density at radius 2 is 1.72 bits per heavy atom. The monoisotopic (exact) mass is 260 g/mol. The Morgan fingerprint density at radius 3 is 2.28 bits per heavy atom. The largest absolute Gasteiger partial charge is 0.460 e. The van der Waals surface area contributed by atoms with E-state index in [0.717, 1.165) is 19.4 Å². The smallest absolute Gasteiger partial charge is 0.308 e. The first-order valence-electron chi connectivity index (χ1n) is 6.87. The van der Waals surface area contributed by atoms with Gasteiger partial charge in [0.15, 0.2) is 0 Å². The van der Waals surface area contributed by atoms with Crippen LogP contribution in [0.5, 0.6) is 0 Å². The standard InChI is InChI=1S/C14H28O4/c1-6-7-8-16-9-12(4)17-10-13(5)18-14(15)11(2)3/h11-13H,6-10H2,1-5H3. The highest BCUT2D eigenvalue weighted by Crippen LogP contribution is 2.03. The zero-order valence-corrected chi connectivity index (χ0v) is 12.4. The molecule has 18 heavy (non-hydrogen) atoms. The fourth-order valence-electron chi connectivity index (χ4n) is 1.21. The molecule has 0 aliphatic rings. The fraction of sp³-hybridized carbons (Fsp3) is 0.929. The second-order valence-corrected chi connectivity index (χ2v) is 4.97. The van der Waals surface area contributed by atoms with Crippen LogP contribution in [-0.2, 0) is 19.0 Å². The number of unbranched alkanes of at least 4 members (excludes halogenated alkanes) is 1. The molecule has 0 aliphatic carbocycles. The highest BCUT2D eigenvalue weighted by atomic mass is 16.6. The normalized spacial score (nSPS) is 14.6. The Balaban J connectivity index is 3.58. The molecule has 0 aromatic rings. The van der Waals surface area contributed by atoms with Gasteiger partial charge in [-0.3, -0.25) is 4.79 Å². The van der Waals surface area contributed by atoms with Crippen molar-refractivity contribution in [2.75, 3.05) is 19.8 Å². The first-order valence-corrected chi connectivity index (χ1v) is 6.87. The van der Waals surface area contributed by atoms with Crippen LogP contribution in [0.2, 0.25) is 0 Å². The number of hydrogen-bond acceptors (Lipinski definition) is 4. The van der Waals surface area contributed by atoms with Gasteiger partial charge in [0.2, 0.25) is 0 Å². The van der Waals surface area contributed by atoms with Crippen LogP contribution < -0.4 is 0 Å². The maximum atomic E-state index is 11.3. The molecule has 0 aliphatic heterocycles. The zero-order valence-electron chi connectivity index (χ0n) is 12.4. The Kier molecular flexibility index (Phi) is 9.98. The van der Waals surface area contributed by atoms with Gasteiger partial charge in [-0.15, -0.1) is 0 Å². The molecule has 108 valence electrons. The zero-order chi connectivity index (χ0) is 14.0. The summed E-state index contributed by atoms with van der Waals surface area (Å²) >= 11 is 0. The molecule has 0 N–H and O–H groups in total. The molecule has 4 heteroatoms. The van der Waals surface area contributed by atoms with Crippen LogP contribution in [0.4, 0.5) is 0 Å². The van der Waals surface area contributed by atoms with Gasteiger partial charge in [0, 0.05) is 6.61 Å². The molecule has 0 aromatic heterocycles. The minimum atomic E-state index is -0.210. The van der Waals surface area contributed by atoms with Gasteiger partial charge in [-0.05, 0) is 20.3 Å². The van der Waals surface area contributed by atoms with Crippen molar-refractivity contribution in [1.82, 2.24) is 0 Å². The van der Waals surface area contributed by atoms with Gasteiger partial charge in [0.05, 0.1) is 25.2 Å². The number of hydrogen-bond donors (Lipinski definition) is 0. The molecule has 0 saturated heterocycles. The molecule has 0 bridgehead atoms. The lowest BCUT2D eigenvalue weighted by atomic mass is 10.2. The molecule has 0 radical (unpaired) electrons. The Morgan fingerprint density at radius 1 is 1.06 bits per heavy atom. The van der Waals surface area contributed by atoms with E-state index in [2.05, 4.69) is 6.92 Å². The minimum absolute atomic E-state index is 0.0297. The van der Waals surface area contributed by atoms with E-state index < -0.39 is 0 Å². The summed E-state index contributed by atoms with van der Waals surface area (Å²) in [6, 6.07) is 0. The second kappa shape index (κ2) is 10.3. The third-order valence-electron chi connectivity index (χ3n) is 2.40. The van der Waals surface area contributed by atoms with Crippen molar-refractivity contribution in [3.63, 3.8) is 0 Å². The van der Waals surface area contributed by atoms with Crippen molar-refractivity contribution in [1.29, 1.82) is 0 Å². The maximum Gasteiger partial charge on any atom is 0.308 e. The average Bonchev–Trinajstić information content (AvgIpc) is 2.32. The van der Waals surface area contributed by atoms with Gasteiger partial charge in [-0.25, -0.2) is 0 Å². The summed E-state index contributed by atoms with van der Waals surface area (Å²) < 4.78 is 16.2. The number of esters is 1. The van der Waals surface area contributed by atoms with E-state index in [4.69, 9.17) is 14.2 Å². The highest BCUT2D eigenvalue weighted by molar-refractivity contribution is 5.71. The molecular formula is C14H28O4. The van der Waals surface area contributed by atoms with E-state index in [9.17, 15) is 4.79 Å². The van der Waals surface area contributed by atoms with Crippen LogP contribution >= 0.6 is 0 Å². The Hall–Kier alpha value is -0.610. The third-order valence-corrected chi connectivity index (χ3v) is 2.40. The number of carbonyl (C=O) groups excluding carboxylic acids is 1. The molecular weight excluding hydrogens is 232 g/mol. The van der Waals surface area contributed by atoms with Crippen molar-refractivity contribution in [2.24, 2.45) is 5.92 Å². The van der Waals surface area contributed by atoms with Gasteiger partial charge >= 0.3 is 5.97 Å². The lowest BCUT2D eigenvalue weighted by molar-refractivity contribution is -0.156. The van der Waals surface area contributed by atoms with Gasteiger partial charge in [0.1, 0.15) is 6.10 Å². The molecule has 0 heterocycles. The molecule has 2 atom stereocenters. The van der Waals surface area contributed by atoms with Crippen LogP contribution in [0.1, 0.15) is 47.5 Å². The summed E-state index contributed by atoms with van der Waals surface area (Å²) in [7, 11) is 0. The maximum absolute atomic E-state index is 11.3. The molecule has 0 spiro atoms. The molecule has 0 aromatic carbocycles. The third kappa shape index (κ3) is 9.42. The number of carbonyl (C=O) groups is 1. The van der Waals surface area contributed by atoms with Crippen LogP contribution in [0, 0.1) is 5.92 Å². The van der Waals surface area contributed by atoms with Crippen LogP contribution in [0.3, 0.4) is 0 Å². The van der Waals surface area contributed by atoms with Gasteiger partial charge in [-0.2, -0.15) is 0 Å². The van der Waals surface area contributed by atoms with E-state index in [-0.39, 0.29) is 24.1 Å². The topological polar surface area (TPSA) is 44.8 Å². The molecule has 0 fully saturated rings. The highest BCUT2D eigenvalue weighted by Gasteiger charge is 2.14. The predicted molar refractivity (Wildman–Crippen MR) is 71.5 cm³/mol. The Labute approximate surface area is 111 Å². The van der Waals surface area contributed by atoms with E-state index in [0.29, 0.717) is 13.2 Å². The number of ether oxygens (including phenoxy) is 3. The Bertz CT molecular complexity index is 216. The molecule has 0 rings (SSSR count). The van der Waals surface area contributed by atoms with Crippen molar-refractivity contribution < 1.29 is 19.0 Å². The van der Waals surface area contributed by atoms with Gasteiger partial charge in [0.25, 0.3) is 0 Å². The summed E-state index contributed by atoms with van der Waals surface area (Å²) in [6.07, 6.45) is 2.03. The van der Waals surface area contributed by atoms with Crippen LogP contribution in [-0.4, -0.2) is 38.0 Å². The van der Waals surface area contributed by atoms with Crippen LogP contribution in [0.15, 0.2) is 0 Å². The SMILES string of the molecule is CCCCOCC(C)OCC(C)OC(=O)C(C)C. The quantitative estimate of drug-likeness (QED) is 0.447. The summed E-state index contributed by atoms with van der Waals surface area (Å²) in [4.78, 5) is 11.3. The summed E-state index contributed by atoms with van der Waals surface area (Å²) in [5, 5.41) is 0. The first-order chi connectivity index (χ1) is 8.47. The first kappa shape index (κ1) is 17.4. The summed E-state index contributed by atoms with van der Waals surface area (Å²) in [5.74, 6) is -0.278. The fourth-order valence-corrected chi connectivity index (χ4v) is 1.21. The van der Waals surface area contributed by atoms with E-state index in [1.54, 1.807) is 0 Å². The summed E-state index contributed by atoms with van der Waals surface area (Å²) in [5.41, 5.74) is 0. The summed E-state index contributed by atoms with van der Waals surface area (Å²) in [6.45, 7) is 11.4. The molecule has 0 amide bonds. The minimum Gasteiger partial charge on any atom is -0.460 e. The molecule has 2 unspecified atom stereocenters. The molecule has 0 saturated carbocycles. The lowest BCUT2D eigenvalue weighted by Gasteiger charge is -2.18. The van der Waals surface area contributed by atoms with Gasteiger partial charge < -0.3 is 14.2 Å². The van der Waals surface area contributed by atoms with Crippen LogP contribution in [0.25, 0.3) is 0 Å². The predicted octanol–water partition coefficient (Wildman–Crippen LogP) is 2.80. The van der Waals surface area contributed by atoms with Crippen molar-refractivity contribution in [3.05, 3.63) is 0 Å². The van der Waals surface area contributed by atoms with E-state index in [1.165, 1.54) is 0 Å². The average molecular weight is 260 g/mol. The van der Waals surface area contributed by atoms with Gasteiger partial charge in [-0.1, -0.05) is 27.2 Å². The van der Waals surface area contributed by atoms with E-state index in [1.807, 2.05) is 27.7 Å². The lowest BCUT2D eigenvalue weighted by Crippen LogP contribution is -2.27. The van der Waals surface area contributed by atoms with Crippen molar-refractivity contribution in [2.45, 2.75) is 59.7 Å². The molecule has 4 nitrogen and oxygen atoms in total. The second-order valence-electron chi connectivity index (χ2n) is 4.97. The number of rotatable bonds is 10. The van der Waals surface area contributed by atoms with Crippen molar-refractivity contribution in [3.8, 4) is 0 Å².